The Morgan fingerprint density at radius 3 is 2.08 bits per heavy atom. The van der Waals surface area contributed by atoms with Crippen molar-refractivity contribution in [2.45, 2.75) is 45.4 Å². The lowest BCUT2D eigenvalue weighted by molar-refractivity contribution is -0.136. The molecule has 12 heavy (non-hydrogen) atoms. The van der Waals surface area contributed by atoms with Crippen LogP contribution in [0.1, 0.15) is 33.1 Å². The first-order chi connectivity index (χ1) is 5.33. The minimum Gasteiger partial charge on any atom is -0.393 e. The first-order valence-electron chi connectivity index (χ1n) is 4.07. The molecule has 2 unspecified atom stereocenters. The molecule has 0 aromatic carbocycles. The van der Waals surface area contributed by atoms with Crippen molar-refractivity contribution in [3.63, 3.8) is 0 Å². The second-order valence-electron chi connectivity index (χ2n) is 3.23. The van der Waals surface area contributed by atoms with Gasteiger partial charge in [-0.15, -0.1) is 0 Å². The molecule has 74 valence electrons. The van der Waals surface area contributed by atoms with Gasteiger partial charge in [0.25, 0.3) is 0 Å². The van der Waals surface area contributed by atoms with Gasteiger partial charge in [0, 0.05) is 6.42 Å². The largest absolute Gasteiger partial charge is 0.393 e. The molecule has 1 N–H and O–H groups in total. The van der Waals surface area contributed by atoms with Crippen LogP contribution in [0.4, 0.5) is 13.2 Å². The summed E-state index contributed by atoms with van der Waals surface area (Å²) < 4.78 is 34.9. The van der Waals surface area contributed by atoms with Crippen molar-refractivity contribution in [1.29, 1.82) is 0 Å². The van der Waals surface area contributed by atoms with Crippen LogP contribution in [0.3, 0.4) is 0 Å². The van der Waals surface area contributed by atoms with Crippen LogP contribution < -0.4 is 0 Å². The molecule has 2 atom stereocenters. The van der Waals surface area contributed by atoms with Crippen LogP contribution in [0.25, 0.3) is 0 Å². The van der Waals surface area contributed by atoms with Gasteiger partial charge < -0.3 is 5.11 Å². The Bertz CT molecular complexity index is 120. The van der Waals surface area contributed by atoms with E-state index < -0.39 is 18.7 Å². The molecule has 0 aliphatic rings. The van der Waals surface area contributed by atoms with Crippen molar-refractivity contribution in [3.8, 4) is 0 Å². The highest BCUT2D eigenvalue weighted by Gasteiger charge is 2.26. The van der Waals surface area contributed by atoms with Crippen LogP contribution in [-0.2, 0) is 0 Å². The molecule has 0 amide bonds. The summed E-state index contributed by atoms with van der Waals surface area (Å²) in [5.74, 6) is -0.0488. The van der Waals surface area contributed by atoms with E-state index >= 15 is 0 Å². The molecular formula is C8H15F3O. The summed E-state index contributed by atoms with van der Waals surface area (Å²) in [6.07, 6.45) is -4.78. The Balaban J connectivity index is 3.44. The number of aliphatic hydroxyl groups is 1. The fourth-order valence-corrected chi connectivity index (χ4v) is 0.866. The fourth-order valence-electron chi connectivity index (χ4n) is 0.866. The highest BCUT2D eigenvalue weighted by Crippen LogP contribution is 2.24. The molecule has 0 radical (unpaired) electrons. The lowest BCUT2D eigenvalue weighted by atomic mass is 9.99. The Morgan fingerprint density at radius 1 is 1.25 bits per heavy atom. The third-order valence-electron chi connectivity index (χ3n) is 1.94. The molecule has 0 rings (SSSR count). The van der Waals surface area contributed by atoms with Crippen molar-refractivity contribution in [2.24, 2.45) is 5.92 Å². The van der Waals surface area contributed by atoms with Gasteiger partial charge in [-0.1, -0.05) is 6.92 Å². The molecular weight excluding hydrogens is 169 g/mol. The van der Waals surface area contributed by atoms with Gasteiger partial charge in [-0.3, -0.25) is 0 Å². The van der Waals surface area contributed by atoms with Gasteiger partial charge in [-0.2, -0.15) is 13.2 Å². The first kappa shape index (κ1) is 11.8. The molecule has 0 fully saturated rings. The maximum absolute atomic E-state index is 11.6. The molecule has 1 nitrogen and oxygen atoms in total. The Labute approximate surface area is 70.6 Å². The zero-order valence-corrected chi connectivity index (χ0v) is 7.36. The molecule has 0 aromatic rings. The van der Waals surface area contributed by atoms with E-state index in [1.165, 1.54) is 0 Å². The molecule has 0 aliphatic heterocycles. The molecule has 4 heteroatoms. The van der Waals surface area contributed by atoms with Gasteiger partial charge in [0.05, 0.1) is 6.10 Å². The van der Waals surface area contributed by atoms with Crippen LogP contribution in [0.2, 0.25) is 0 Å². The number of alkyl halides is 3. The lowest BCUT2D eigenvalue weighted by Gasteiger charge is -2.14. The van der Waals surface area contributed by atoms with Gasteiger partial charge in [-0.25, -0.2) is 0 Å². The van der Waals surface area contributed by atoms with E-state index in [0.717, 1.165) is 0 Å². The second-order valence-corrected chi connectivity index (χ2v) is 3.23. The van der Waals surface area contributed by atoms with Crippen molar-refractivity contribution < 1.29 is 18.3 Å². The van der Waals surface area contributed by atoms with Gasteiger partial charge in [0.15, 0.2) is 0 Å². The topological polar surface area (TPSA) is 20.2 Å². The van der Waals surface area contributed by atoms with Crippen LogP contribution in [0.5, 0.6) is 0 Å². The van der Waals surface area contributed by atoms with E-state index in [1.54, 1.807) is 13.8 Å². The summed E-state index contributed by atoms with van der Waals surface area (Å²) in [6.45, 7) is 3.35. The number of rotatable bonds is 4. The average Bonchev–Trinajstić information content (AvgIpc) is 1.84. The summed E-state index contributed by atoms with van der Waals surface area (Å²) in [5.41, 5.74) is 0. The molecule has 0 spiro atoms. The summed E-state index contributed by atoms with van der Waals surface area (Å²) in [5, 5.41) is 8.97. The average molecular weight is 184 g/mol. The van der Waals surface area contributed by atoms with Gasteiger partial charge >= 0.3 is 6.18 Å². The summed E-state index contributed by atoms with van der Waals surface area (Å²) in [4.78, 5) is 0. The normalized spacial score (nSPS) is 17.5. The molecule has 0 saturated heterocycles. The standard InChI is InChI=1S/C8H15F3O/c1-6(7(2)12)4-3-5-8(9,10)11/h6-7,12H,3-5H2,1-2H3. The lowest BCUT2D eigenvalue weighted by Crippen LogP contribution is -2.14. The van der Waals surface area contributed by atoms with Crippen molar-refractivity contribution >= 4 is 0 Å². The fraction of sp³-hybridized carbons (Fsp3) is 1.00. The number of hydrogen-bond acceptors (Lipinski definition) is 1. The van der Waals surface area contributed by atoms with Gasteiger partial charge in [0.2, 0.25) is 0 Å². The quantitative estimate of drug-likeness (QED) is 0.712. The predicted octanol–water partition coefficient (Wildman–Crippen LogP) is 2.74. The number of hydrogen-bond donors (Lipinski definition) is 1. The van der Waals surface area contributed by atoms with Crippen molar-refractivity contribution in [3.05, 3.63) is 0 Å². The van der Waals surface area contributed by atoms with E-state index in [0.29, 0.717) is 6.42 Å². The van der Waals surface area contributed by atoms with E-state index in [-0.39, 0.29) is 12.3 Å². The number of aliphatic hydroxyl groups excluding tert-OH is 1. The van der Waals surface area contributed by atoms with E-state index in [2.05, 4.69) is 0 Å². The van der Waals surface area contributed by atoms with Gasteiger partial charge in [0.1, 0.15) is 0 Å². The summed E-state index contributed by atoms with van der Waals surface area (Å²) in [6, 6.07) is 0. The monoisotopic (exact) mass is 184 g/mol. The molecule has 0 heterocycles. The zero-order valence-electron chi connectivity index (χ0n) is 7.36. The zero-order chi connectivity index (χ0) is 9.78. The first-order valence-corrected chi connectivity index (χ1v) is 4.07. The second kappa shape index (κ2) is 4.70. The smallest absolute Gasteiger partial charge is 0.389 e. The third kappa shape index (κ3) is 6.46. The molecule has 0 aromatic heterocycles. The number of halogens is 3. The van der Waals surface area contributed by atoms with E-state index in [1.807, 2.05) is 0 Å². The maximum atomic E-state index is 11.6. The summed E-state index contributed by atoms with van der Waals surface area (Å²) in [7, 11) is 0. The Morgan fingerprint density at radius 2 is 1.75 bits per heavy atom. The van der Waals surface area contributed by atoms with Crippen LogP contribution in [-0.4, -0.2) is 17.4 Å². The van der Waals surface area contributed by atoms with Crippen molar-refractivity contribution in [2.75, 3.05) is 0 Å². The highest BCUT2D eigenvalue weighted by atomic mass is 19.4. The molecule has 0 aliphatic carbocycles. The Hall–Kier alpha value is -0.250. The van der Waals surface area contributed by atoms with Crippen LogP contribution in [0.15, 0.2) is 0 Å². The van der Waals surface area contributed by atoms with E-state index in [9.17, 15) is 13.2 Å². The predicted molar refractivity (Wildman–Crippen MR) is 40.8 cm³/mol. The molecule has 0 bridgehead atoms. The minimum atomic E-state index is -4.06. The maximum Gasteiger partial charge on any atom is 0.389 e. The SMILES string of the molecule is CC(O)C(C)CCCC(F)(F)F. The van der Waals surface area contributed by atoms with E-state index in [4.69, 9.17) is 5.11 Å². The molecule has 0 saturated carbocycles. The third-order valence-corrected chi connectivity index (χ3v) is 1.94. The highest BCUT2D eigenvalue weighted by molar-refractivity contribution is 4.60. The Kier molecular flexibility index (Phi) is 4.60. The van der Waals surface area contributed by atoms with Crippen molar-refractivity contribution in [1.82, 2.24) is 0 Å². The minimum absolute atomic E-state index is 0.0488. The van der Waals surface area contributed by atoms with Crippen LogP contribution in [0, 0.1) is 5.92 Å². The summed E-state index contributed by atoms with van der Waals surface area (Å²) >= 11 is 0. The van der Waals surface area contributed by atoms with Crippen LogP contribution >= 0.6 is 0 Å². The van der Waals surface area contributed by atoms with Gasteiger partial charge in [-0.05, 0) is 25.7 Å².